The molecule has 0 spiro atoms. The molecular weight excluding hydrogens is 380 g/mol. The maximum absolute atomic E-state index is 12.6. The lowest BCUT2D eigenvalue weighted by Crippen LogP contribution is -2.19. The van der Waals surface area contributed by atoms with Crippen molar-refractivity contribution in [3.63, 3.8) is 0 Å². The maximum Gasteiger partial charge on any atom is 0.323 e. The Labute approximate surface area is 174 Å². The molecule has 0 aliphatic carbocycles. The summed E-state index contributed by atoms with van der Waals surface area (Å²) in [5.74, 6) is 1.15. The van der Waals surface area contributed by atoms with E-state index in [0.717, 1.165) is 28.7 Å². The fourth-order valence-corrected chi connectivity index (χ4v) is 3.35. The van der Waals surface area contributed by atoms with Gasteiger partial charge in [-0.2, -0.15) is 0 Å². The van der Waals surface area contributed by atoms with E-state index in [2.05, 4.69) is 20.2 Å². The predicted molar refractivity (Wildman–Crippen MR) is 117 cm³/mol. The van der Waals surface area contributed by atoms with Crippen LogP contribution in [0.4, 0.5) is 16.2 Å². The number of nitrogens with zero attached hydrogens (tertiary/aromatic N) is 2. The highest BCUT2D eigenvalue weighted by molar-refractivity contribution is 6.05. The van der Waals surface area contributed by atoms with Crippen LogP contribution in [-0.4, -0.2) is 29.8 Å². The first-order chi connectivity index (χ1) is 14.7. The molecule has 0 fully saturated rings. The smallest absolute Gasteiger partial charge is 0.323 e. The minimum absolute atomic E-state index is 0.336. The number of fused-ring (bicyclic) bond motifs is 1. The third-order valence-corrected chi connectivity index (χ3v) is 4.81. The summed E-state index contributed by atoms with van der Waals surface area (Å²) in [4.78, 5) is 16.6. The Morgan fingerprint density at radius 1 is 0.967 bits per heavy atom. The van der Waals surface area contributed by atoms with Crippen LogP contribution < -0.4 is 20.1 Å². The van der Waals surface area contributed by atoms with Crippen LogP contribution in [0.1, 0.15) is 5.56 Å². The number of methoxy groups -OCH3 is 2. The number of anilines is 2. The van der Waals surface area contributed by atoms with E-state index >= 15 is 0 Å². The van der Waals surface area contributed by atoms with Crippen molar-refractivity contribution in [2.75, 3.05) is 24.9 Å². The quantitative estimate of drug-likeness (QED) is 0.488. The Kier molecular flexibility index (Phi) is 5.52. The van der Waals surface area contributed by atoms with Crippen molar-refractivity contribution in [2.45, 2.75) is 6.54 Å². The summed E-state index contributed by atoms with van der Waals surface area (Å²) in [5, 5.41) is 6.73. The van der Waals surface area contributed by atoms with Gasteiger partial charge in [-0.1, -0.05) is 6.07 Å². The number of aromatic nitrogens is 2. The zero-order chi connectivity index (χ0) is 20.9. The van der Waals surface area contributed by atoms with Gasteiger partial charge in [-0.25, -0.2) is 4.79 Å². The summed E-state index contributed by atoms with van der Waals surface area (Å²) in [6.45, 7) is 0.729. The van der Waals surface area contributed by atoms with E-state index in [1.54, 1.807) is 44.8 Å². The zero-order valence-corrected chi connectivity index (χ0v) is 16.8. The number of carbonyl (C=O) groups is 1. The zero-order valence-electron chi connectivity index (χ0n) is 16.8. The minimum atomic E-state index is -0.336. The van der Waals surface area contributed by atoms with Gasteiger partial charge in [-0.15, -0.1) is 0 Å². The van der Waals surface area contributed by atoms with Gasteiger partial charge in [0.2, 0.25) is 0 Å². The van der Waals surface area contributed by atoms with Crippen LogP contribution in [0.25, 0.3) is 10.9 Å². The predicted octanol–water partition coefficient (Wildman–Crippen LogP) is 4.75. The summed E-state index contributed by atoms with van der Waals surface area (Å²) in [6, 6.07) is 16.7. The third-order valence-electron chi connectivity index (χ3n) is 4.81. The van der Waals surface area contributed by atoms with Crippen molar-refractivity contribution >= 4 is 28.3 Å². The summed E-state index contributed by atoms with van der Waals surface area (Å²) in [5.41, 5.74) is 3.54. The molecule has 7 nitrogen and oxygen atoms in total. The normalized spacial score (nSPS) is 10.6. The van der Waals surface area contributed by atoms with Gasteiger partial charge in [-0.05, 0) is 48.0 Å². The number of pyridine rings is 1. The fraction of sp³-hybridized carbons (Fsp3) is 0.130. The SMILES string of the molecule is COc1ccc(NC(=O)Nc2cccc3c2ccn3Cc2ccncc2)cc1OC. The Balaban J connectivity index is 1.52. The summed E-state index contributed by atoms with van der Waals surface area (Å²) < 4.78 is 12.6. The van der Waals surface area contributed by atoms with Gasteiger partial charge < -0.3 is 24.7 Å². The lowest BCUT2D eigenvalue weighted by atomic mass is 10.2. The Bertz CT molecular complexity index is 1170. The van der Waals surface area contributed by atoms with Crippen molar-refractivity contribution in [2.24, 2.45) is 0 Å². The van der Waals surface area contributed by atoms with Crippen LogP contribution >= 0.6 is 0 Å². The molecule has 0 aliphatic heterocycles. The fourth-order valence-electron chi connectivity index (χ4n) is 3.35. The molecule has 7 heteroatoms. The van der Waals surface area contributed by atoms with Crippen LogP contribution in [0.3, 0.4) is 0 Å². The van der Waals surface area contributed by atoms with E-state index in [4.69, 9.17) is 9.47 Å². The van der Waals surface area contributed by atoms with E-state index in [9.17, 15) is 4.79 Å². The van der Waals surface area contributed by atoms with Crippen LogP contribution in [0.15, 0.2) is 73.2 Å². The average molecular weight is 402 g/mol. The molecule has 2 heterocycles. The number of amides is 2. The second-order valence-electron chi connectivity index (χ2n) is 6.69. The van der Waals surface area contributed by atoms with Gasteiger partial charge in [0, 0.05) is 42.3 Å². The molecule has 0 aliphatic rings. The molecule has 2 amide bonds. The summed E-state index contributed by atoms with van der Waals surface area (Å²) in [7, 11) is 3.12. The molecule has 152 valence electrons. The molecule has 0 saturated heterocycles. The van der Waals surface area contributed by atoms with Crippen LogP contribution in [0.2, 0.25) is 0 Å². The van der Waals surface area contributed by atoms with Crippen molar-refractivity contribution in [3.05, 3.63) is 78.8 Å². The topological polar surface area (TPSA) is 77.4 Å². The van der Waals surface area contributed by atoms with E-state index in [1.807, 2.05) is 42.6 Å². The van der Waals surface area contributed by atoms with E-state index in [1.165, 1.54) is 0 Å². The van der Waals surface area contributed by atoms with Crippen molar-refractivity contribution in [3.8, 4) is 11.5 Å². The Morgan fingerprint density at radius 2 is 1.77 bits per heavy atom. The first-order valence-corrected chi connectivity index (χ1v) is 9.44. The van der Waals surface area contributed by atoms with Crippen molar-refractivity contribution in [1.29, 1.82) is 0 Å². The summed E-state index contributed by atoms with van der Waals surface area (Å²) in [6.07, 6.45) is 5.58. The molecule has 0 saturated carbocycles. The van der Waals surface area contributed by atoms with Crippen LogP contribution in [0.5, 0.6) is 11.5 Å². The Morgan fingerprint density at radius 3 is 2.53 bits per heavy atom. The molecule has 30 heavy (non-hydrogen) atoms. The molecule has 2 N–H and O–H groups in total. The lowest BCUT2D eigenvalue weighted by Gasteiger charge is -2.12. The first kappa shape index (κ1) is 19.3. The maximum atomic E-state index is 12.6. The van der Waals surface area contributed by atoms with Crippen molar-refractivity contribution in [1.82, 2.24) is 9.55 Å². The van der Waals surface area contributed by atoms with Crippen molar-refractivity contribution < 1.29 is 14.3 Å². The van der Waals surface area contributed by atoms with Crippen LogP contribution in [-0.2, 0) is 6.54 Å². The molecule has 2 aromatic heterocycles. The molecule has 0 atom stereocenters. The van der Waals surface area contributed by atoms with Gasteiger partial charge >= 0.3 is 6.03 Å². The van der Waals surface area contributed by atoms with Gasteiger partial charge in [0.05, 0.1) is 25.4 Å². The average Bonchev–Trinajstić information content (AvgIpc) is 3.18. The number of nitrogens with one attached hydrogen (secondary N) is 2. The highest BCUT2D eigenvalue weighted by Crippen LogP contribution is 2.30. The summed E-state index contributed by atoms with van der Waals surface area (Å²) >= 11 is 0. The molecule has 0 unspecified atom stereocenters. The number of rotatable bonds is 6. The number of benzene rings is 2. The molecule has 0 bridgehead atoms. The van der Waals surface area contributed by atoms with Gasteiger partial charge in [0.1, 0.15) is 0 Å². The number of urea groups is 1. The molecule has 2 aromatic carbocycles. The van der Waals surface area contributed by atoms with E-state index in [-0.39, 0.29) is 6.03 Å². The first-order valence-electron chi connectivity index (χ1n) is 9.44. The number of ether oxygens (including phenoxy) is 2. The van der Waals surface area contributed by atoms with Gasteiger partial charge in [0.25, 0.3) is 0 Å². The van der Waals surface area contributed by atoms with Gasteiger partial charge in [-0.3, -0.25) is 4.98 Å². The van der Waals surface area contributed by atoms with E-state index < -0.39 is 0 Å². The Hall–Kier alpha value is -4.00. The monoisotopic (exact) mass is 402 g/mol. The van der Waals surface area contributed by atoms with Crippen LogP contribution in [0, 0.1) is 0 Å². The third kappa shape index (κ3) is 4.05. The molecular formula is C23H22N4O3. The molecule has 0 radical (unpaired) electrons. The number of hydrogen-bond acceptors (Lipinski definition) is 4. The molecule has 4 aromatic rings. The van der Waals surface area contributed by atoms with E-state index in [0.29, 0.717) is 17.2 Å². The number of carbonyl (C=O) groups excluding carboxylic acids is 1. The largest absolute Gasteiger partial charge is 0.493 e. The highest BCUT2D eigenvalue weighted by Gasteiger charge is 2.11. The second-order valence-corrected chi connectivity index (χ2v) is 6.69. The minimum Gasteiger partial charge on any atom is -0.493 e. The molecule has 4 rings (SSSR count). The standard InChI is InChI=1S/C23H22N4O3/c1-29-21-7-6-17(14-22(21)30-2)25-23(28)26-19-4-3-5-20-18(19)10-13-27(20)15-16-8-11-24-12-9-16/h3-14H,15H2,1-2H3,(H2,25,26,28). The second kappa shape index (κ2) is 8.57. The van der Waals surface area contributed by atoms with Gasteiger partial charge in [0.15, 0.2) is 11.5 Å². The lowest BCUT2D eigenvalue weighted by molar-refractivity contribution is 0.262. The highest BCUT2D eigenvalue weighted by atomic mass is 16.5. The number of hydrogen-bond donors (Lipinski definition) is 2.